The molecule has 0 saturated carbocycles. The number of carbonyl (C=O) groups is 1. The first-order valence-corrected chi connectivity index (χ1v) is 10.4. The fourth-order valence-corrected chi connectivity index (χ4v) is 3.74. The number of primary sulfonamides is 1. The van der Waals surface area contributed by atoms with Gasteiger partial charge in [-0.15, -0.1) is 11.8 Å². The van der Waals surface area contributed by atoms with Gasteiger partial charge in [0.05, 0.1) is 10.5 Å². The zero-order valence-electron chi connectivity index (χ0n) is 14.2. The van der Waals surface area contributed by atoms with Gasteiger partial charge in [0, 0.05) is 16.7 Å². The number of nitrogens with two attached hydrogens (primary N) is 1. The van der Waals surface area contributed by atoms with Gasteiger partial charge in [-0.05, 0) is 36.2 Å². The molecule has 0 bridgehead atoms. The number of amides is 1. The van der Waals surface area contributed by atoms with Crippen molar-refractivity contribution in [3.8, 4) is 0 Å². The Balaban J connectivity index is 1.95. The van der Waals surface area contributed by atoms with E-state index >= 15 is 0 Å². The molecule has 134 valence electrons. The molecule has 0 aliphatic rings. The second-order valence-corrected chi connectivity index (χ2v) is 9.04. The molecule has 1 amide bonds. The van der Waals surface area contributed by atoms with Crippen molar-refractivity contribution >= 4 is 27.7 Å². The highest BCUT2D eigenvalue weighted by Gasteiger charge is 2.12. The summed E-state index contributed by atoms with van der Waals surface area (Å²) in [5.74, 6) is -0.107. The van der Waals surface area contributed by atoms with Crippen LogP contribution in [0.4, 0.5) is 0 Å². The van der Waals surface area contributed by atoms with Gasteiger partial charge < -0.3 is 5.32 Å². The second-order valence-electron chi connectivity index (χ2n) is 5.86. The smallest absolute Gasteiger partial charge is 0.252 e. The number of benzene rings is 2. The number of carbonyl (C=O) groups excluding carboxylic acids is 1. The maximum Gasteiger partial charge on any atom is 0.252 e. The Morgan fingerprint density at radius 1 is 1.12 bits per heavy atom. The maximum absolute atomic E-state index is 12.4. The molecule has 0 fully saturated rings. The van der Waals surface area contributed by atoms with Crippen LogP contribution in [0.2, 0.25) is 0 Å². The topological polar surface area (TPSA) is 89.3 Å². The Kier molecular flexibility index (Phi) is 6.64. The summed E-state index contributed by atoms with van der Waals surface area (Å²) in [6, 6.07) is 13.9. The van der Waals surface area contributed by atoms with E-state index < -0.39 is 10.0 Å². The van der Waals surface area contributed by atoms with E-state index in [0.29, 0.717) is 23.8 Å². The van der Waals surface area contributed by atoms with Crippen molar-refractivity contribution in [2.75, 3.05) is 6.54 Å². The normalized spacial score (nSPS) is 11.5. The molecule has 0 radical (unpaired) electrons. The van der Waals surface area contributed by atoms with Gasteiger partial charge in [0.25, 0.3) is 5.91 Å². The van der Waals surface area contributed by atoms with E-state index in [0.717, 1.165) is 10.5 Å². The Morgan fingerprint density at radius 3 is 2.36 bits per heavy atom. The molecule has 0 aliphatic carbocycles. The molecule has 2 rings (SSSR count). The first-order chi connectivity index (χ1) is 11.8. The second kappa shape index (κ2) is 8.51. The predicted molar refractivity (Wildman–Crippen MR) is 101 cm³/mol. The van der Waals surface area contributed by atoms with Gasteiger partial charge in [-0.3, -0.25) is 4.79 Å². The highest BCUT2D eigenvalue weighted by atomic mass is 32.2. The highest BCUT2D eigenvalue weighted by molar-refractivity contribution is 8.00. The van der Waals surface area contributed by atoms with Crippen molar-refractivity contribution in [2.45, 2.75) is 35.3 Å². The van der Waals surface area contributed by atoms with Gasteiger partial charge in [0.2, 0.25) is 10.0 Å². The Labute approximate surface area is 153 Å². The van der Waals surface area contributed by atoms with E-state index in [4.69, 9.17) is 5.14 Å². The average Bonchev–Trinajstić information content (AvgIpc) is 2.54. The number of nitrogens with one attached hydrogen (secondary N) is 1. The summed E-state index contributed by atoms with van der Waals surface area (Å²) in [7, 11) is -3.68. The molecule has 5 nitrogen and oxygen atoms in total. The number of hydrogen-bond donors (Lipinski definition) is 2. The Morgan fingerprint density at radius 2 is 1.76 bits per heavy atom. The van der Waals surface area contributed by atoms with Gasteiger partial charge >= 0.3 is 0 Å². The first-order valence-electron chi connectivity index (χ1n) is 7.93. The lowest BCUT2D eigenvalue weighted by Gasteiger charge is -2.11. The molecule has 2 aromatic rings. The van der Waals surface area contributed by atoms with Crippen LogP contribution >= 0.6 is 11.8 Å². The Hall–Kier alpha value is -1.83. The number of rotatable bonds is 7. The lowest BCUT2D eigenvalue weighted by molar-refractivity contribution is 0.0951. The third-order valence-electron chi connectivity index (χ3n) is 3.45. The number of thioether (sulfide) groups is 1. The van der Waals surface area contributed by atoms with Crippen LogP contribution in [0.3, 0.4) is 0 Å². The molecule has 7 heteroatoms. The zero-order valence-corrected chi connectivity index (χ0v) is 15.9. The lowest BCUT2D eigenvalue weighted by atomic mass is 10.1. The van der Waals surface area contributed by atoms with Crippen LogP contribution in [0.1, 0.15) is 29.8 Å². The van der Waals surface area contributed by atoms with Crippen LogP contribution in [-0.2, 0) is 16.4 Å². The molecule has 0 atom stereocenters. The molecule has 0 heterocycles. The van der Waals surface area contributed by atoms with Crippen LogP contribution in [0.15, 0.2) is 58.3 Å². The van der Waals surface area contributed by atoms with Crippen molar-refractivity contribution in [2.24, 2.45) is 5.14 Å². The van der Waals surface area contributed by atoms with Crippen LogP contribution in [0, 0.1) is 0 Å². The lowest BCUT2D eigenvalue weighted by Crippen LogP contribution is -2.26. The summed E-state index contributed by atoms with van der Waals surface area (Å²) in [6.45, 7) is 4.64. The molecule has 0 aliphatic heterocycles. The first kappa shape index (κ1) is 19.5. The van der Waals surface area contributed by atoms with Crippen LogP contribution in [0.5, 0.6) is 0 Å². The minimum Gasteiger partial charge on any atom is -0.352 e. The molecule has 0 spiro atoms. The summed E-state index contributed by atoms with van der Waals surface area (Å²) < 4.78 is 22.5. The van der Waals surface area contributed by atoms with Gasteiger partial charge in [-0.25, -0.2) is 13.6 Å². The summed E-state index contributed by atoms with van der Waals surface area (Å²) in [6.07, 6.45) is 0.607. The SMILES string of the molecule is CC(C)Sc1ccccc1C(=O)NCCc1ccc(S(N)(=O)=O)cc1. The quantitative estimate of drug-likeness (QED) is 0.725. The van der Waals surface area contributed by atoms with Gasteiger partial charge in [0.1, 0.15) is 0 Å². The van der Waals surface area contributed by atoms with Crippen LogP contribution in [0.25, 0.3) is 0 Å². The van der Waals surface area contributed by atoms with Gasteiger partial charge in [-0.2, -0.15) is 0 Å². The van der Waals surface area contributed by atoms with Crippen molar-refractivity contribution in [3.63, 3.8) is 0 Å². The average molecular weight is 379 g/mol. The standard InChI is InChI=1S/C18H22N2O3S2/c1-13(2)24-17-6-4-3-5-16(17)18(21)20-12-11-14-7-9-15(10-8-14)25(19,22)23/h3-10,13H,11-12H2,1-2H3,(H,20,21)(H2,19,22,23). The van der Waals surface area contributed by atoms with E-state index in [2.05, 4.69) is 19.2 Å². The molecule has 3 N–H and O–H groups in total. The predicted octanol–water partition coefficient (Wildman–Crippen LogP) is 2.81. The van der Waals surface area contributed by atoms with Crippen LogP contribution in [-0.4, -0.2) is 26.1 Å². The van der Waals surface area contributed by atoms with Gasteiger partial charge in [0.15, 0.2) is 0 Å². The summed E-state index contributed by atoms with van der Waals surface area (Å²) in [5.41, 5.74) is 1.60. The summed E-state index contributed by atoms with van der Waals surface area (Å²) in [5, 5.41) is 8.38. The third-order valence-corrected chi connectivity index (χ3v) is 5.46. The molecule has 0 unspecified atom stereocenters. The Bertz CT molecular complexity index is 832. The van der Waals surface area contributed by atoms with E-state index in [-0.39, 0.29) is 10.8 Å². The zero-order chi connectivity index (χ0) is 18.4. The van der Waals surface area contributed by atoms with Crippen molar-refractivity contribution in [1.82, 2.24) is 5.32 Å². The number of hydrogen-bond acceptors (Lipinski definition) is 4. The van der Waals surface area contributed by atoms with Crippen molar-refractivity contribution in [1.29, 1.82) is 0 Å². The van der Waals surface area contributed by atoms with Gasteiger partial charge in [-0.1, -0.05) is 38.1 Å². The van der Waals surface area contributed by atoms with Crippen LogP contribution < -0.4 is 10.5 Å². The van der Waals surface area contributed by atoms with Crippen molar-refractivity contribution in [3.05, 3.63) is 59.7 Å². The molecule has 2 aromatic carbocycles. The number of sulfonamides is 1. The molecule has 0 saturated heterocycles. The minimum absolute atomic E-state index is 0.0833. The summed E-state index contributed by atoms with van der Waals surface area (Å²) >= 11 is 1.66. The van der Waals surface area contributed by atoms with E-state index in [1.165, 1.54) is 12.1 Å². The molecule has 0 aromatic heterocycles. The van der Waals surface area contributed by atoms with Crippen molar-refractivity contribution < 1.29 is 13.2 Å². The fraction of sp³-hybridized carbons (Fsp3) is 0.278. The molecular weight excluding hydrogens is 356 g/mol. The van der Waals surface area contributed by atoms with E-state index in [9.17, 15) is 13.2 Å². The van der Waals surface area contributed by atoms with E-state index in [1.54, 1.807) is 23.9 Å². The molecule has 25 heavy (non-hydrogen) atoms. The molecular formula is C18H22N2O3S2. The highest BCUT2D eigenvalue weighted by Crippen LogP contribution is 2.26. The maximum atomic E-state index is 12.4. The monoisotopic (exact) mass is 378 g/mol. The third kappa shape index (κ3) is 5.88. The summed E-state index contributed by atoms with van der Waals surface area (Å²) in [4.78, 5) is 13.5. The largest absolute Gasteiger partial charge is 0.352 e. The van der Waals surface area contributed by atoms with E-state index in [1.807, 2.05) is 24.3 Å². The fourth-order valence-electron chi connectivity index (χ4n) is 2.27. The minimum atomic E-state index is -3.68.